The average Bonchev–Trinajstić information content (AvgIpc) is 2.73. The average molecular weight is 402 g/mol. The molecule has 0 amide bonds. The number of rotatable bonds is 13. The third kappa shape index (κ3) is 10.9. The maximum Gasteiger partial charge on any atom is 0.338 e. The van der Waals surface area contributed by atoms with Crippen molar-refractivity contribution in [3.8, 4) is 0 Å². The number of benzene rings is 1. The minimum absolute atomic E-state index is 0.334. The zero-order chi connectivity index (χ0) is 21.5. The van der Waals surface area contributed by atoms with E-state index in [4.69, 9.17) is 9.47 Å². The van der Waals surface area contributed by atoms with Crippen LogP contribution in [0.4, 0.5) is 0 Å². The lowest BCUT2D eigenvalue weighted by atomic mass is 10.1. The highest BCUT2D eigenvalue weighted by molar-refractivity contribution is 5.90. The number of ether oxygens (including phenoxy) is 3. The van der Waals surface area contributed by atoms with E-state index in [0.29, 0.717) is 24.4 Å². The number of hydrogen-bond acceptors (Lipinski definition) is 6. The molecule has 6 heteroatoms. The van der Waals surface area contributed by atoms with Crippen molar-refractivity contribution < 1.29 is 28.6 Å². The van der Waals surface area contributed by atoms with E-state index in [2.05, 4.69) is 11.3 Å². The molecule has 1 rings (SSSR count). The molecule has 6 nitrogen and oxygen atoms in total. The fraction of sp³-hybridized carbons (Fsp3) is 0.435. The van der Waals surface area contributed by atoms with Gasteiger partial charge in [-0.05, 0) is 43.5 Å². The molecule has 0 N–H and O–H groups in total. The number of methoxy groups -OCH3 is 1. The molecule has 0 atom stereocenters. The van der Waals surface area contributed by atoms with E-state index in [-0.39, 0.29) is 11.9 Å². The van der Waals surface area contributed by atoms with Crippen molar-refractivity contribution in [1.29, 1.82) is 0 Å². The second-order valence-corrected chi connectivity index (χ2v) is 6.65. The van der Waals surface area contributed by atoms with Crippen molar-refractivity contribution in [3.63, 3.8) is 0 Å². The van der Waals surface area contributed by atoms with Gasteiger partial charge in [-0.25, -0.2) is 14.4 Å². The van der Waals surface area contributed by atoms with E-state index in [1.807, 2.05) is 0 Å². The molecule has 0 radical (unpaired) electrons. The molecule has 0 aromatic heterocycles. The van der Waals surface area contributed by atoms with E-state index in [0.717, 1.165) is 44.1 Å². The molecule has 0 saturated carbocycles. The van der Waals surface area contributed by atoms with Gasteiger partial charge in [-0.1, -0.05) is 44.4 Å². The molecule has 158 valence electrons. The first-order valence-electron chi connectivity index (χ1n) is 9.80. The van der Waals surface area contributed by atoms with Crippen LogP contribution in [0.25, 0.3) is 6.08 Å². The lowest BCUT2D eigenvalue weighted by Gasteiger charge is -2.06. The molecule has 0 aliphatic rings. The maximum atomic E-state index is 12.0. The zero-order valence-corrected chi connectivity index (χ0v) is 17.3. The monoisotopic (exact) mass is 402 g/mol. The van der Waals surface area contributed by atoms with Crippen LogP contribution >= 0.6 is 0 Å². The fourth-order valence-corrected chi connectivity index (χ4v) is 2.41. The number of unbranched alkanes of at least 4 members (excludes halogenated alkanes) is 5. The fourth-order valence-electron chi connectivity index (χ4n) is 2.41. The van der Waals surface area contributed by atoms with Crippen molar-refractivity contribution >= 4 is 24.0 Å². The van der Waals surface area contributed by atoms with Crippen LogP contribution in [0.1, 0.15) is 61.4 Å². The Morgan fingerprint density at radius 3 is 2.00 bits per heavy atom. The lowest BCUT2D eigenvalue weighted by Crippen LogP contribution is -2.06. The summed E-state index contributed by atoms with van der Waals surface area (Å²) in [6.07, 6.45) is 8.69. The summed E-state index contributed by atoms with van der Waals surface area (Å²) in [5, 5.41) is 0. The van der Waals surface area contributed by atoms with Gasteiger partial charge in [0.15, 0.2) is 0 Å². The van der Waals surface area contributed by atoms with Gasteiger partial charge in [-0.2, -0.15) is 0 Å². The quantitative estimate of drug-likeness (QED) is 0.209. The van der Waals surface area contributed by atoms with Gasteiger partial charge in [0.05, 0.1) is 25.9 Å². The Morgan fingerprint density at radius 2 is 1.45 bits per heavy atom. The van der Waals surface area contributed by atoms with E-state index in [9.17, 15) is 14.4 Å². The standard InChI is InChI=1S/C23H30O6/c1-18(2)22(25)28-16-8-6-4-5-7-9-17-29-23(26)20-13-10-19(11-14-20)12-15-21(24)27-3/h10-15H,1,4-9,16-17H2,2-3H3/b15-12+. The summed E-state index contributed by atoms with van der Waals surface area (Å²) in [7, 11) is 1.32. The van der Waals surface area contributed by atoms with Crippen molar-refractivity contribution in [2.75, 3.05) is 20.3 Å². The minimum atomic E-state index is -0.431. The minimum Gasteiger partial charge on any atom is -0.466 e. The predicted octanol–water partition coefficient (Wildman–Crippen LogP) is 4.49. The van der Waals surface area contributed by atoms with Crippen molar-refractivity contribution in [2.24, 2.45) is 0 Å². The highest BCUT2D eigenvalue weighted by Gasteiger charge is 2.06. The van der Waals surface area contributed by atoms with Gasteiger partial charge in [0.25, 0.3) is 0 Å². The van der Waals surface area contributed by atoms with Crippen molar-refractivity contribution in [3.05, 3.63) is 53.6 Å². The Hall–Kier alpha value is -2.89. The van der Waals surface area contributed by atoms with Gasteiger partial charge in [0.2, 0.25) is 0 Å². The smallest absolute Gasteiger partial charge is 0.338 e. The van der Waals surface area contributed by atoms with Crippen molar-refractivity contribution in [1.82, 2.24) is 0 Å². The summed E-state index contributed by atoms with van der Waals surface area (Å²) in [6, 6.07) is 6.81. The molecule has 1 aromatic carbocycles. The Balaban J connectivity index is 2.10. The second-order valence-electron chi connectivity index (χ2n) is 6.65. The predicted molar refractivity (Wildman–Crippen MR) is 111 cm³/mol. The topological polar surface area (TPSA) is 78.9 Å². The molecule has 0 unspecified atom stereocenters. The molecule has 0 aliphatic carbocycles. The first kappa shape index (κ1) is 24.1. The van der Waals surface area contributed by atoms with Crippen LogP contribution in [0.5, 0.6) is 0 Å². The van der Waals surface area contributed by atoms with Crippen LogP contribution in [-0.2, 0) is 23.8 Å². The second kappa shape index (κ2) is 14.2. The highest BCUT2D eigenvalue weighted by Crippen LogP contribution is 2.10. The van der Waals surface area contributed by atoms with Crippen LogP contribution in [0.3, 0.4) is 0 Å². The Kier molecular flexibility index (Phi) is 11.8. The molecule has 0 fully saturated rings. The van der Waals surface area contributed by atoms with E-state index >= 15 is 0 Å². The Labute approximate surface area is 172 Å². The molecule has 0 saturated heterocycles. The summed E-state index contributed by atoms with van der Waals surface area (Å²) < 4.78 is 14.8. The van der Waals surface area contributed by atoms with Crippen LogP contribution in [-0.4, -0.2) is 38.2 Å². The van der Waals surface area contributed by atoms with Crippen LogP contribution in [0.2, 0.25) is 0 Å². The number of carbonyl (C=O) groups excluding carboxylic acids is 3. The summed E-state index contributed by atoms with van der Waals surface area (Å²) in [6.45, 7) is 5.99. The molecular weight excluding hydrogens is 372 g/mol. The first-order chi connectivity index (χ1) is 13.9. The number of hydrogen-bond donors (Lipinski definition) is 0. The SMILES string of the molecule is C=C(C)C(=O)OCCCCCCCCOC(=O)c1ccc(/C=C/C(=O)OC)cc1. The van der Waals surface area contributed by atoms with Crippen LogP contribution in [0, 0.1) is 0 Å². The van der Waals surface area contributed by atoms with E-state index in [1.165, 1.54) is 13.2 Å². The molecule has 1 aromatic rings. The van der Waals surface area contributed by atoms with Crippen LogP contribution < -0.4 is 0 Å². The third-order valence-electron chi connectivity index (χ3n) is 4.11. The Bertz CT molecular complexity index is 703. The summed E-state index contributed by atoms with van der Waals surface area (Å²) in [5.74, 6) is -1.12. The first-order valence-corrected chi connectivity index (χ1v) is 9.80. The van der Waals surface area contributed by atoms with Gasteiger partial charge >= 0.3 is 17.9 Å². The third-order valence-corrected chi connectivity index (χ3v) is 4.11. The molecule has 0 spiro atoms. The van der Waals surface area contributed by atoms with Crippen LogP contribution in [0.15, 0.2) is 42.5 Å². The van der Waals surface area contributed by atoms with Gasteiger partial charge in [-0.15, -0.1) is 0 Å². The van der Waals surface area contributed by atoms with Crippen molar-refractivity contribution in [2.45, 2.75) is 45.4 Å². The van der Waals surface area contributed by atoms with E-state index < -0.39 is 5.97 Å². The highest BCUT2D eigenvalue weighted by atomic mass is 16.5. The van der Waals surface area contributed by atoms with Gasteiger partial charge in [-0.3, -0.25) is 0 Å². The molecule has 0 bridgehead atoms. The van der Waals surface area contributed by atoms with E-state index in [1.54, 1.807) is 37.3 Å². The van der Waals surface area contributed by atoms with Gasteiger partial charge in [0, 0.05) is 11.6 Å². The lowest BCUT2D eigenvalue weighted by molar-refractivity contribution is -0.139. The largest absolute Gasteiger partial charge is 0.466 e. The summed E-state index contributed by atoms with van der Waals surface area (Å²) >= 11 is 0. The molecular formula is C23H30O6. The molecule has 0 heterocycles. The van der Waals surface area contributed by atoms with Gasteiger partial charge in [0.1, 0.15) is 0 Å². The summed E-state index contributed by atoms with van der Waals surface area (Å²) in [5.41, 5.74) is 1.69. The molecule has 0 aliphatic heterocycles. The zero-order valence-electron chi connectivity index (χ0n) is 17.3. The summed E-state index contributed by atoms with van der Waals surface area (Å²) in [4.78, 5) is 34.3. The Morgan fingerprint density at radius 1 is 0.897 bits per heavy atom. The maximum absolute atomic E-state index is 12.0. The number of carbonyl (C=O) groups is 3. The number of esters is 3. The molecule has 29 heavy (non-hydrogen) atoms. The normalized spacial score (nSPS) is 10.6. The van der Waals surface area contributed by atoms with Gasteiger partial charge < -0.3 is 14.2 Å².